The van der Waals surface area contributed by atoms with Crippen LogP contribution in [-0.4, -0.2) is 34.7 Å². The second-order valence-electron chi connectivity index (χ2n) is 5.88. The van der Waals surface area contributed by atoms with Crippen molar-refractivity contribution < 1.29 is 4.74 Å². The monoisotopic (exact) mass is 344 g/mol. The van der Waals surface area contributed by atoms with Crippen LogP contribution in [0.15, 0.2) is 35.3 Å². The van der Waals surface area contributed by atoms with Crippen molar-refractivity contribution in [3.05, 3.63) is 46.0 Å². The molecule has 1 aromatic carbocycles. The van der Waals surface area contributed by atoms with Crippen molar-refractivity contribution in [1.29, 1.82) is 0 Å². The second kappa shape index (κ2) is 5.87. The number of anilines is 1. The molecule has 0 unspecified atom stereocenters. The first kappa shape index (κ1) is 15.1. The molecule has 0 atom stereocenters. The minimum absolute atomic E-state index is 0.285. The van der Waals surface area contributed by atoms with E-state index in [2.05, 4.69) is 14.9 Å². The Morgan fingerprint density at radius 3 is 3.04 bits per heavy atom. The number of aromatic nitrogens is 3. The molecule has 0 saturated carbocycles. The molecule has 1 aliphatic rings. The summed E-state index contributed by atoms with van der Waals surface area (Å²) in [6.07, 6.45) is 3.58. The van der Waals surface area contributed by atoms with Gasteiger partial charge in [-0.3, -0.25) is 9.55 Å². The van der Waals surface area contributed by atoms with Crippen LogP contribution in [0.5, 0.6) is 5.75 Å². The van der Waals surface area contributed by atoms with E-state index in [4.69, 9.17) is 16.3 Å². The van der Waals surface area contributed by atoms with Gasteiger partial charge in [0.25, 0.3) is 0 Å². The molecule has 7 heteroatoms. The summed E-state index contributed by atoms with van der Waals surface area (Å²) in [5.74, 6) is 0.633. The van der Waals surface area contributed by atoms with Crippen LogP contribution >= 0.6 is 11.6 Å². The quantitative estimate of drug-likeness (QED) is 0.681. The molecule has 0 radical (unpaired) electrons. The third kappa shape index (κ3) is 2.43. The highest BCUT2D eigenvalue weighted by molar-refractivity contribution is 6.32. The number of nitrogens with one attached hydrogen (secondary N) is 1. The van der Waals surface area contributed by atoms with Crippen molar-refractivity contribution in [2.45, 2.75) is 12.8 Å². The van der Waals surface area contributed by atoms with Crippen LogP contribution in [-0.2, 0) is 0 Å². The van der Waals surface area contributed by atoms with Gasteiger partial charge in [-0.25, -0.2) is 9.78 Å². The third-order valence-electron chi connectivity index (χ3n) is 4.30. The van der Waals surface area contributed by atoms with E-state index in [9.17, 15) is 4.79 Å². The first-order chi connectivity index (χ1) is 11.6. The topological polar surface area (TPSA) is 63.1 Å². The van der Waals surface area contributed by atoms with Crippen molar-refractivity contribution in [3.8, 4) is 11.4 Å². The molecule has 1 N–H and O–H groups in total. The van der Waals surface area contributed by atoms with E-state index in [0.717, 1.165) is 25.1 Å². The highest BCUT2D eigenvalue weighted by Crippen LogP contribution is 2.31. The number of hydrogen-bond acceptors (Lipinski definition) is 4. The molecule has 0 amide bonds. The predicted molar refractivity (Wildman–Crippen MR) is 94.7 cm³/mol. The molecule has 0 fully saturated rings. The van der Waals surface area contributed by atoms with Crippen LogP contribution in [0.4, 0.5) is 5.69 Å². The molecule has 3 heterocycles. The highest BCUT2D eigenvalue weighted by Gasteiger charge is 2.18. The molecule has 0 aliphatic carbocycles. The van der Waals surface area contributed by atoms with Crippen LogP contribution in [0.1, 0.15) is 12.8 Å². The van der Waals surface area contributed by atoms with Gasteiger partial charge >= 0.3 is 5.69 Å². The molecule has 24 heavy (non-hydrogen) atoms. The molecule has 0 spiro atoms. The maximum absolute atomic E-state index is 12.6. The largest absolute Gasteiger partial charge is 0.491 e. The van der Waals surface area contributed by atoms with Gasteiger partial charge < -0.3 is 9.64 Å². The van der Waals surface area contributed by atoms with Gasteiger partial charge in [0.1, 0.15) is 11.3 Å². The SMILES string of the molecule is CN1CCCCOc2ccnc3[nH]c(=O)n(c23)-c2cc1ccc2Cl. The van der Waals surface area contributed by atoms with E-state index in [1.165, 1.54) is 0 Å². The summed E-state index contributed by atoms with van der Waals surface area (Å²) in [7, 11) is 2.03. The number of fused-ring (bicyclic) bond motifs is 3. The minimum atomic E-state index is -0.285. The van der Waals surface area contributed by atoms with Gasteiger partial charge in [0.05, 0.1) is 17.3 Å². The Bertz CT molecular complexity index is 963. The molecule has 124 valence electrons. The molecular formula is C17H17ClN4O2. The smallest absolute Gasteiger partial charge is 0.332 e. The zero-order chi connectivity index (χ0) is 16.7. The number of hydrogen-bond donors (Lipinski definition) is 1. The molecule has 2 aromatic heterocycles. The standard InChI is InChI=1S/C17H17ClN4O2/c1-21-8-2-3-9-24-14-6-7-19-16-15(14)22(17(23)20-16)13-10-11(21)4-5-12(13)18/h4-7,10H,2-3,8-9H2,1H3,(H,19,20,23). The summed E-state index contributed by atoms with van der Waals surface area (Å²) in [6.45, 7) is 1.50. The summed E-state index contributed by atoms with van der Waals surface area (Å²) in [6, 6.07) is 7.49. The van der Waals surface area contributed by atoms with E-state index >= 15 is 0 Å². The lowest BCUT2D eigenvalue weighted by Crippen LogP contribution is -2.21. The Morgan fingerprint density at radius 1 is 1.29 bits per heavy atom. The maximum Gasteiger partial charge on any atom is 0.332 e. The lowest BCUT2D eigenvalue weighted by Gasteiger charge is -2.21. The summed E-state index contributed by atoms with van der Waals surface area (Å²) in [5, 5.41) is 0.502. The molecule has 4 rings (SSSR count). The van der Waals surface area contributed by atoms with Crippen LogP contribution in [0.2, 0.25) is 5.02 Å². The molecule has 2 bridgehead atoms. The Balaban J connectivity index is 2.05. The minimum Gasteiger partial charge on any atom is -0.491 e. The first-order valence-corrected chi connectivity index (χ1v) is 8.26. The zero-order valence-electron chi connectivity index (χ0n) is 13.3. The summed E-state index contributed by atoms with van der Waals surface area (Å²) >= 11 is 6.40. The van der Waals surface area contributed by atoms with Crippen molar-refractivity contribution in [2.24, 2.45) is 0 Å². The maximum atomic E-state index is 12.6. The number of benzene rings is 1. The third-order valence-corrected chi connectivity index (χ3v) is 4.62. The number of pyridine rings is 1. The Kier molecular flexibility index (Phi) is 3.69. The molecule has 0 saturated heterocycles. The fourth-order valence-corrected chi connectivity index (χ4v) is 3.22. The number of rotatable bonds is 0. The van der Waals surface area contributed by atoms with Crippen LogP contribution in [0.25, 0.3) is 16.9 Å². The van der Waals surface area contributed by atoms with E-state index in [-0.39, 0.29) is 5.69 Å². The summed E-state index contributed by atoms with van der Waals surface area (Å²) in [5.41, 5.74) is 2.46. The van der Waals surface area contributed by atoms with E-state index in [1.807, 2.05) is 25.2 Å². The van der Waals surface area contributed by atoms with E-state index in [1.54, 1.807) is 16.8 Å². The summed E-state index contributed by atoms with van der Waals surface area (Å²) < 4.78 is 7.45. The average Bonchev–Trinajstić information content (AvgIpc) is 2.90. The van der Waals surface area contributed by atoms with Gasteiger partial charge in [0, 0.05) is 31.5 Å². The van der Waals surface area contributed by atoms with Crippen LogP contribution in [0.3, 0.4) is 0 Å². The number of H-pyrrole nitrogens is 1. The Morgan fingerprint density at radius 2 is 2.17 bits per heavy atom. The lowest BCUT2D eigenvalue weighted by atomic mass is 10.2. The number of halogens is 1. The molecule has 1 aliphatic heterocycles. The van der Waals surface area contributed by atoms with Crippen LogP contribution in [0, 0.1) is 0 Å². The van der Waals surface area contributed by atoms with Gasteiger partial charge in [-0.05, 0) is 31.0 Å². The van der Waals surface area contributed by atoms with Crippen molar-refractivity contribution in [1.82, 2.24) is 14.5 Å². The number of aromatic amines is 1. The highest BCUT2D eigenvalue weighted by atomic mass is 35.5. The van der Waals surface area contributed by atoms with Gasteiger partial charge in [0.2, 0.25) is 0 Å². The fourth-order valence-electron chi connectivity index (χ4n) is 3.02. The Labute approximate surface area is 143 Å². The van der Waals surface area contributed by atoms with Gasteiger partial charge in [0.15, 0.2) is 5.65 Å². The van der Waals surface area contributed by atoms with Crippen LogP contribution < -0.4 is 15.3 Å². The van der Waals surface area contributed by atoms with Crippen molar-refractivity contribution >= 4 is 28.5 Å². The summed E-state index contributed by atoms with van der Waals surface area (Å²) in [4.78, 5) is 21.7. The normalized spacial score (nSPS) is 14.8. The second-order valence-corrected chi connectivity index (χ2v) is 6.29. The Hall–Kier alpha value is -2.47. The lowest BCUT2D eigenvalue weighted by molar-refractivity contribution is 0.310. The molecular weight excluding hydrogens is 328 g/mol. The van der Waals surface area contributed by atoms with Crippen molar-refractivity contribution in [3.63, 3.8) is 0 Å². The first-order valence-electron chi connectivity index (χ1n) is 7.89. The number of ether oxygens (including phenoxy) is 1. The van der Waals surface area contributed by atoms with Gasteiger partial charge in [-0.2, -0.15) is 0 Å². The predicted octanol–water partition coefficient (Wildman–Crippen LogP) is 2.98. The average molecular weight is 345 g/mol. The van der Waals surface area contributed by atoms with E-state index < -0.39 is 0 Å². The number of nitrogens with zero attached hydrogens (tertiary/aromatic N) is 3. The van der Waals surface area contributed by atoms with Gasteiger partial charge in [-0.1, -0.05) is 11.6 Å². The fraction of sp³-hybridized carbons (Fsp3) is 0.294. The number of imidazole rings is 1. The van der Waals surface area contributed by atoms with Gasteiger partial charge in [-0.15, -0.1) is 0 Å². The zero-order valence-corrected chi connectivity index (χ0v) is 14.0. The van der Waals surface area contributed by atoms with E-state index in [0.29, 0.717) is 34.2 Å². The van der Waals surface area contributed by atoms with Crippen molar-refractivity contribution in [2.75, 3.05) is 25.1 Å². The molecule has 3 aromatic rings. The molecule has 6 nitrogen and oxygen atoms in total.